The number of nitrogen functional groups attached to an aromatic ring is 1. The van der Waals surface area contributed by atoms with E-state index in [1.165, 1.54) is 32.1 Å². The fourth-order valence-corrected chi connectivity index (χ4v) is 3.16. The van der Waals surface area contributed by atoms with Crippen LogP contribution in [0, 0.1) is 11.8 Å². The first-order valence-electron chi connectivity index (χ1n) is 7.30. The summed E-state index contributed by atoms with van der Waals surface area (Å²) in [6.07, 6.45) is 10.3. The van der Waals surface area contributed by atoms with Gasteiger partial charge in [0.05, 0.1) is 11.7 Å². The predicted octanol–water partition coefficient (Wildman–Crippen LogP) is 3.23. The van der Waals surface area contributed by atoms with Crippen molar-refractivity contribution in [3.05, 3.63) is 18.5 Å². The number of aryl methyl sites for hydroxylation is 1. The van der Waals surface area contributed by atoms with Crippen LogP contribution >= 0.6 is 0 Å². The summed E-state index contributed by atoms with van der Waals surface area (Å²) in [7, 11) is 0. The molecule has 0 amide bonds. The second-order valence-electron chi connectivity index (χ2n) is 5.90. The van der Waals surface area contributed by atoms with E-state index in [9.17, 15) is 0 Å². The summed E-state index contributed by atoms with van der Waals surface area (Å²) in [6, 6.07) is 2.00. The van der Waals surface area contributed by atoms with E-state index in [1.54, 1.807) is 6.20 Å². The third kappa shape index (κ3) is 2.57. The van der Waals surface area contributed by atoms with Gasteiger partial charge in [-0.15, -0.1) is 0 Å². The summed E-state index contributed by atoms with van der Waals surface area (Å²) in [6.45, 7) is 3.34. The lowest BCUT2D eigenvalue weighted by atomic mass is 9.81. The van der Waals surface area contributed by atoms with Crippen LogP contribution in [0.5, 0.6) is 0 Å². The van der Waals surface area contributed by atoms with Gasteiger partial charge in [0.1, 0.15) is 5.52 Å². The van der Waals surface area contributed by atoms with Gasteiger partial charge in [-0.2, -0.15) is 0 Å². The minimum absolute atomic E-state index is 0.618. The third-order valence-electron chi connectivity index (χ3n) is 4.48. The number of aromatic nitrogens is 3. The van der Waals surface area contributed by atoms with E-state index in [0.717, 1.165) is 29.4 Å². The minimum atomic E-state index is 0.618. The van der Waals surface area contributed by atoms with Gasteiger partial charge in [-0.25, -0.2) is 4.98 Å². The largest absolute Gasteiger partial charge is 0.369 e. The zero-order valence-corrected chi connectivity index (χ0v) is 11.5. The van der Waals surface area contributed by atoms with E-state index in [0.29, 0.717) is 5.95 Å². The maximum atomic E-state index is 6.02. The molecule has 0 bridgehead atoms. The number of nitrogens with zero attached hydrogens (tertiary/aromatic N) is 3. The molecule has 3 rings (SSSR count). The smallest absolute Gasteiger partial charge is 0.201 e. The van der Waals surface area contributed by atoms with Crippen LogP contribution < -0.4 is 5.73 Å². The van der Waals surface area contributed by atoms with Crippen molar-refractivity contribution in [1.82, 2.24) is 14.5 Å². The molecule has 19 heavy (non-hydrogen) atoms. The average Bonchev–Trinajstić information content (AvgIpc) is 2.74. The number of rotatable bonds is 3. The highest BCUT2D eigenvalue weighted by atomic mass is 15.2. The molecule has 4 nitrogen and oxygen atoms in total. The zero-order chi connectivity index (χ0) is 13.2. The summed E-state index contributed by atoms with van der Waals surface area (Å²) < 4.78 is 2.13. The summed E-state index contributed by atoms with van der Waals surface area (Å²) in [4.78, 5) is 8.46. The number of fused-ring (bicyclic) bond motifs is 1. The van der Waals surface area contributed by atoms with Crippen molar-refractivity contribution in [1.29, 1.82) is 0 Å². The van der Waals surface area contributed by atoms with E-state index < -0.39 is 0 Å². The van der Waals surface area contributed by atoms with E-state index in [2.05, 4.69) is 21.5 Å². The lowest BCUT2D eigenvalue weighted by Crippen LogP contribution is -2.15. The van der Waals surface area contributed by atoms with Gasteiger partial charge >= 0.3 is 0 Å². The Hall–Kier alpha value is -1.58. The van der Waals surface area contributed by atoms with Crippen LogP contribution in [0.2, 0.25) is 0 Å². The van der Waals surface area contributed by atoms with Gasteiger partial charge in [-0.3, -0.25) is 4.98 Å². The molecular weight excluding hydrogens is 236 g/mol. The highest BCUT2D eigenvalue weighted by molar-refractivity contribution is 5.76. The van der Waals surface area contributed by atoms with Crippen LogP contribution in [0.4, 0.5) is 5.95 Å². The molecule has 1 fully saturated rings. The van der Waals surface area contributed by atoms with E-state index in [1.807, 2.05) is 12.3 Å². The Kier molecular flexibility index (Phi) is 3.40. The first kappa shape index (κ1) is 12.5. The standard InChI is InChI=1S/C15H22N4/c1-11-2-4-12(5-3-11)7-9-19-14-6-8-17-10-13(14)18-15(19)16/h6,8,10-12H,2-5,7,9H2,1H3,(H2,16,18). The van der Waals surface area contributed by atoms with Crippen molar-refractivity contribution in [2.24, 2.45) is 11.8 Å². The number of nitrogens with two attached hydrogens (primary N) is 1. The Balaban J connectivity index is 1.70. The van der Waals surface area contributed by atoms with Crippen molar-refractivity contribution >= 4 is 17.0 Å². The topological polar surface area (TPSA) is 56.7 Å². The molecule has 2 aromatic heterocycles. The Morgan fingerprint density at radius 2 is 2.11 bits per heavy atom. The quantitative estimate of drug-likeness (QED) is 0.919. The molecule has 2 aromatic rings. The Labute approximate surface area is 114 Å². The van der Waals surface area contributed by atoms with Crippen molar-refractivity contribution in [3.8, 4) is 0 Å². The average molecular weight is 258 g/mol. The van der Waals surface area contributed by atoms with Gasteiger partial charge in [-0.05, 0) is 24.3 Å². The molecule has 1 aliphatic carbocycles. The number of anilines is 1. The molecule has 0 atom stereocenters. The maximum absolute atomic E-state index is 6.02. The van der Waals surface area contributed by atoms with Crippen molar-refractivity contribution in [2.45, 2.75) is 45.6 Å². The van der Waals surface area contributed by atoms with E-state index >= 15 is 0 Å². The van der Waals surface area contributed by atoms with E-state index in [4.69, 9.17) is 5.73 Å². The fraction of sp³-hybridized carbons (Fsp3) is 0.600. The number of hydrogen-bond donors (Lipinski definition) is 1. The van der Waals surface area contributed by atoms with Gasteiger partial charge in [0.15, 0.2) is 0 Å². The molecule has 0 radical (unpaired) electrons. The Morgan fingerprint density at radius 3 is 2.89 bits per heavy atom. The van der Waals surface area contributed by atoms with Gasteiger partial charge < -0.3 is 10.3 Å². The molecular formula is C15H22N4. The lowest BCUT2D eigenvalue weighted by Gasteiger charge is -2.26. The molecule has 0 aliphatic heterocycles. The zero-order valence-electron chi connectivity index (χ0n) is 11.5. The van der Waals surface area contributed by atoms with Gasteiger partial charge in [0.2, 0.25) is 5.95 Å². The molecule has 102 valence electrons. The summed E-state index contributed by atoms with van der Waals surface area (Å²) in [5.41, 5.74) is 8.02. The molecule has 4 heteroatoms. The number of pyridine rings is 1. The molecule has 1 saturated carbocycles. The van der Waals surface area contributed by atoms with Gasteiger partial charge in [-0.1, -0.05) is 32.6 Å². The lowest BCUT2D eigenvalue weighted by molar-refractivity contribution is 0.270. The van der Waals surface area contributed by atoms with Crippen molar-refractivity contribution < 1.29 is 0 Å². The molecule has 0 saturated heterocycles. The predicted molar refractivity (Wildman–Crippen MR) is 77.7 cm³/mol. The van der Waals surface area contributed by atoms with Crippen molar-refractivity contribution in [3.63, 3.8) is 0 Å². The summed E-state index contributed by atoms with van der Waals surface area (Å²) in [5.74, 6) is 2.39. The van der Waals surface area contributed by atoms with E-state index in [-0.39, 0.29) is 0 Å². The van der Waals surface area contributed by atoms with Gasteiger partial charge in [0, 0.05) is 12.7 Å². The SMILES string of the molecule is CC1CCC(CCn2c(N)nc3cnccc32)CC1. The third-order valence-corrected chi connectivity index (χ3v) is 4.48. The highest BCUT2D eigenvalue weighted by Crippen LogP contribution is 2.31. The molecule has 1 aliphatic rings. The number of hydrogen-bond acceptors (Lipinski definition) is 3. The maximum Gasteiger partial charge on any atom is 0.201 e. The monoisotopic (exact) mass is 258 g/mol. The first-order chi connectivity index (χ1) is 9.24. The van der Waals surface area contributed by atoms with Gasteiger partial charge in [0.25, 0.3) is 0 Å². The van der Waals surface area contributed by atoms with Crippen LogP contribution in [-0.4, -0.2) is 14.5 Å². The molecule has 0 unspecified atom stereocenters. The normalized spacial score (nSPS) is 23.8. The summed E-state index contributed by atoms with van der Waals surface area (Å²) in [5, 5.41) is 0. The summed E-state index contributed by atoms with van der Waals surface area (Å²) >= 11 is 0. The molecule has 0 aromatic carbocycles. The van der Waals surface area contributed by atoms with Crippen LogP contribution in [0.3, 0.4) is 0 Å². The van der Waals surface area contributed by atoms with Crippen molar-refractivity contribution in [2.75, 3.05) is 5.73 Å². The molecule has 0 spiro atoms. The highest BCUT2D eigenvalue weighted by Gasteiger charge is 2.18. The Morgan fingerprint density at radius 1 is 1.32 bits per heavy atom. The number of imidazole rings is 1. The minimum Gasteiger partial charge on any atom is -0.369 e. The second kappa shape index (κ2) is 5.19. The Bertz CT molecular complexity index is 552. The van der Waals surface area contributed by atoms with Crippen LogP contribution in [0.1, 0.15) is 39.0 Å². The molecule has 2 N–H and O–H groups in total. The van der Waals surface area contributed by atoms with Crippen LogP contribution in [-0.2, 0) is 6.54 Å². The second-order valence-corrected chi connectivity index (χ2v) is 5.90. The first-order valence-corrected chi connectivity index (χ1v) is 7.30. The van der Waals surface area contributed by atoms with Crippen LogP contribution in [0.25, 0.3) is 11.0 Å². The van der Waals surface area contributed by atoms with Crippen LogP contribution in [0.15, 0.2) is 18.5 Å². The molecule has 2 heterocycles. The fourth-order valence-electron chi connectivity index (χ4n) is 3.16.